The summed E-state index contributed by atoms with van der Waals surface area (Å²) in [7, 11) is 1.59. The highest BCUT2D eigenvalue weighted by molar-refractivity contribution is 5.81. The van der Waals surface area contributed by atoms with Crippen LogP contribution in [0, 0.1) is 5.92 Å². The van der Waals surface area contributed by atoms with Gasteiger partial charge in [-0.25, -0.2) is 0 Å². The van der Waals surface area contributed by atoms with Gasteiger partial charge in [-0.3, -0.25) is 14.4 Å². The molecule has 0 aromatic rings. The summed E-state index contributed by atoms with van der Waals surface area (Å²) in [5.74, 6) is 0.0599. The maximum atomic E-state index is 13.0. The molecule has 2 aliphatic heterocycles. The van der Waals surface area contributed by atoms with Gasteiger partial charge < -0.3 is 24.6 Å². The molecule has 0 radical (unpaired) electrons. The van der Waals surface area contributed by atoms with Gasteiger partial charge in [0, 0.05) is 52.2 Å². The molecule has 28 heavy (non-hydrogen) atoms. The molecule has 0 unspecified atom stereocenters. The Bertz CT molecular complexity index is 506. The predicted molar refractivity (Wildman–Crippen MR) is 105 cm³/mol. The zero-order valence-electron chi connectivity index (χ0n) is 17.1. The summed E-state index contributed by atoms with van der Waals surface area (Å²) in [6.07, 6.45) is 5.85. The minimum absolute atomic E-state index is 0.0218. The Morgan fingerprint density at radius 1 is 1.00 bits per heavy atom. The number of piperidine rings is 1. The Kier molecular flexibility index (Phi) is 10.3. The molecule has 0 saturated carbocycles. The smallest absolute Gasteiger partial charge is 0.248 e. The molecule has 2 saturated heterocycles. The number of ether oxygens (including phenoxy) is 2. The molecule has 2 aliphatic rings. The lowest BCUT2D eigenvalue weighted by Crippen LogP contribution is -2.46. The largest absolute Gasteiger partial charge is 0.382 e. The van der Waals surface area contributed by atoms with Crippen LogP contribution in [-0.2, 0) is 23.9 Å². The number of rotatable bonds is 6. The third-order valence-electron chi connectivity index (χ3n) is 5.45. The number of methoxy groups -OCH3 is 1. The molecule has 0 aromatic heterocycles. The molecule has 160 valence electrons. The van der Waals surface area contributed by atoms with Gasteiger partial charge >= 0.3 is 0 Å². The molecule has 0 aromatic carbocycles. The summed E-state index contributed by atoms with van der Waals surface area (Å²) in [6, 6.07) is 0. The maximum Gasteiger partial charge on any atom is 0.248 e. The summed E-state index contributed by atoms with van der Waals surface area (Å²) in [6.45, 7) is 4.03. The van der Waals surface area contributed by atoms with Gasteiger partial charge in [-0.1, -0.05) is 12.8 Å². The number of hydrogen-bond acceptors (Lipinski definition) is 5. The molecule has 0 atom stereocenters. The third kappa shape index (κ3) is 7.75. The highest BCUT2D eigenvalue weighted by Crippen LogP contribution is 2.21. The van der Waals surface area contributed by atoms with Crippen molar-refractivity contribution in [3.05, 3.63) is 0 Å². The molecule has 0 aliphatic carbocycles. The maximum absolute atomic E-state index is 13.0. The molecular weight excluding hydrogens is 362 g/mol. The minimum atomic E-state index is -0.0633. The second-order valence-corrected chi connectivity index (χ2v) is 7.54. The first-order valence-corrected chi connectivity index (χ1v) is 10.5. The zero-order valence-corrected chi connectivity index (χ0v) is 17.1. The van der Waals surface area contributed by atoms with E-state index in [1.807, 2.05) is 4.90 Å². The number of carbonyl (C=O) groups is 3. The van der Waals surface area contributed by atoms with Crippen LogP contribution in [0.1, 0.15) is 44.9 Å². The van der Waals surface area contributed by atoms with Gasteiger partial charge in [-0.05, 0) is 25.7 Å². The van der Waals surface area contributed by atoms with E-state index in [9.17, 15) is 14.4 Å². The monoisotopic (exact) mass is 397 g/mol. The van der Waals surface area contributed by atoms with Crippen LogP contribution in [0.4, 0.5) is 0 Å². The number of hydrogen-bond donors (Lipinski definition) is 1. The lowest BCUT2D eigenvalue weighted by Gasteiger charge is -2.34. The number of nitrogens with zero attached hydrogens (tertiary/aromatic N) is 2. The lowest BCUT2D eigenvalue weighted by molar-refractivity contribution is -0.143. The standard InChI is InChI=1S/C20H35N3O5/c1-27-14-15-28-16-19(25)22-11-6-17(7-12-22)20(26)23-10-5-3-2-4-9-21-18(24)8-13-23/h17H,2-16H2,1H3,(H,21,24). The summed E-state index contributed by atoms with van der Waals surface area (Å²) in [5.41, 5.74) is 0. The van der Waals surface area contributed by atoms with Crippen LogP contribution in [0.2, 0.25) is 0 Å². The molecule has 1 N–H and O–H groups in total. The van der Waals surface area contributed by atoms with Crippen molar-refractivity contribution in [2.24, 2.45) is 5.92 Å². The van der Waals surface area contributed by atoms with E-state index in [1.54, 1.807) is 12.0 Å². The Labute approximate surface area is 167 Å². The zero-order chi connectivity index (χ0) is 20.2. The van der Waals surface area contributed by atoms with Gasteiger partial charge in [-0.15, -0.1) is 0 Å². The molecular formula is C20H35N3O5. The van der Waals surface area contributed by atoms with Crippen molar-refractivity contribution < 1.29 is 23.9 Å². The average Bonchev–Trinajstić information content (AvgIpc) is 2.76. The predicted octanol–water partition coefficient (Wildman–Crippen LogP) is 0.797. The Morgan fingerprint density at radius 3 is 2.50 bits per heavy atom. The van der Waals surface area contributed by atoms with E-state index in [0.717, 1.165) is 38.8 Å². The third-order valence-corrected chi connectivity index (χ3v) is 5.45. The van der Waals surface area contributed by atoms with E-state index in [0.29, 0.717) is 52.1 Å². The van der Waals surface area contributed by atoms with E-state index in [-0.39, 0.29) is 30.2 Å². The summed E-state index contributed by atoms with van der Waals surface area (Å²) in [4.78, 5) is 40.7. The van der Waals surface area contributed by atoms with Crippen molar-refractivity contribution in [3.63, 3.8) is 0 Å². The van der Waals surface area contributed by atoms with E-state index in [4.69, 9.17) is 9.47 Å². The van der Waals surface area contributed by atoms with Crippen LogP contribution in [0.5, 0.6) is 0 Å². The fraction of sp³-hybridized carbons (Fsp3) is 0.850. The highest BCUT2D eigenvalue weighted by atomic mass is 16.5. The van der Waals surface area contributed by atoms with Crippen LogP contribution >= 0.6 is 0 Å². The lowest BCUT2D eigenvalue weighted by atomic mass is 9.95. The van der Waals surface area contributed by atoms with E-state index in [2.05, 4.69) is 5.32 Å². The Morgan fingerprint density at radius 2 is 1.75 bits per heavy atom. The summed E-state index contributed by atoms with van der Waals surface area (Å²) in [5, 5.41) is 2.92. The molecule has 2 fully saturated rings. The van der Waals surface area contributed by atoms with Crippen molar-refractivity contribution in [2.45, 2.75) is 44.9 Å². The number of carbonyl (C=O) groups excluding carboxylic acids is 3. The second-order valence-electron chi connectivity index (χ2n) is 7.54. The summed E-state index contributed by atoms with van der Waals surface area (Å²) < 4.78 is 10.2. The molecule has 3 amide bonds. The molecule has 0 spiro atoms. The van der Waals surface area contributed by atoms with Crippen LogP contribution < -0.4 is 5.32 Å². The van der Waals surface area contributed by atoms with E-state index in [1.165, 1.54) is 0 Å². The molecule has 2 heterocycles. The SMILES string of the molecule is COCCOCC(=O)N1CCC(C(=O)N2CCCCCCNC(=O)CC2)CC1. The Hall–Kier alpha value is -1.67. The van der Waals surface area contributed by atoms with Gasteiger partial charge in [0.2, 0.25) is 17.7 Å². The molecule has 8 nitrogen and oxygen atoms in total. The van der Waals surface area contributed by atoms with Crippen LogP contribution in [0.25, 0.3) is 0 Å². The van der Waals surface area contributed by atoms with Crippen LogP contribution in [0.3, 0.4) is 0 Å². The van der Waals surface area contributed by atoms with Crippen LogP contribution in [-0.4, -0.2) is 87.2 Å². The first-order chi connectivity index (χ1) is 13.6. The normalized spacial score (nSPS) is 20.4. The van der Waals surface area contributed by atoms with E-state index < -0.39 is 0 Å². The van der Waals surface area contributed by atoms with Crippen molar-refractivity contribution in [3.8, 4) is 0 Å². The summed E-state index contributed by atoms with van der Waals surface area (Å²) >= 11 is 0. The van der Waals surface area contributed by atoms with Gasteiger partial charge in [-0.2, -0.15) is 0 Å². The van der Waals surface area contributed by atoms with E-state index >= 15 is 0 Å². The average molecular weight is 398 g/mol. The van der Waals surface area contributed by atoms with Crippen molar-refractivity contribution in [2.75, 3.05) is 59.7 Å². The number of likely N-dealkylation sites (tertiary alicyclic amines) is 1. The number of nitrogens with one attached hydrogen (secondary N) is 1. The fourth-order valence-corrected chi connectivity index (χ4v) is 3.69. The molecule has 0 bridgehead atoms. The van der Waals surface area contributed by atoms with Crippen molar-refractivity contribution >= 4 is 17.7 Å². The topological polar surface area (TPSA) is 88.2 Å². The quantitative estimate of drug-likeness (QED) is 0.670. The van der Waals surface area contributed by atoms with Crippen molar-refractivity contribution in [1.82, 2.24) is 15.1 Å². The van der Waals surface area contributed by atoms with Gasteiger partial charge in [0.05, 0.1) is 13.2 Å². The van der Waals surface area contributed by atoms with Crippen LogP contribution in [0.15, 0.2) is 0 Å². The second kappa shape index (κ2) is 12.7. The van der Waals surface area contributed by atoms with Gasteiger partial charge in [0.15, 0.2) is 0 Å². The van der Waals surface area contributed by atoms with Gasteiger partial charge in [0.1, 0.15) is 6.61 Å². The first-order valence-electron chi connectivity index (χ1n) is 10.5. The first kappa shape index (κ1) is 22.6. The minimum Gasteiger partial charge on any atom is -0.382 e. The highest BCUT2D eigenvalue weighted by Gasteiger charge is 2.30. The van der Waals surface area contributed by atoms with Gasteiger partial charge in [0.25, 0.3) is 0 Å². The fourth-order valence-electron chi connectivity index (χ4n) is 3.69. The number of amides is 3. The Balaban J connectivity index is 1.78. The van der Waals surface area contributed by atoms with Crippen molar-refractivity contribution in [1.29, 1.82) is 0 Å². The molecule has 2 rings (SSSR count). The molecule has 8 heteroatoms.